The molecule has 0 bridgehead atoms. The monoisotopic (exact) mass is 372 g/mol. The number of rotatable bonds is 4. The zero-order chi connectivity index (χ0) is 17.4. The molecule has 1 aromatic carbocycles. The first kappa shape index (κ1) is 17.8. The third-order valence-electron chi connectivity index (χ3n) is 4.11. The minimum absolute atomic E-state index is 0. The van der Waals surface area contributed by atoms with E-state index >= 15 is 0 Å². The topological polar surface area (TPSA) is 116 Å². The first-order chi connectivity index (χ1) is 12.2. The highest BCUT2D eigenvalue weighted by Crippen LogP contribution is 2.33. The molecule has 0 saturated heterocycles. The third-order valence-corrected chi connectivity index (χ3v) is 4.11. The van der Waals surface area contributed by atoms with E-state index in [2.05, 4.69) is 20.3 Å². The third kappa shape index (κ3) is 2.79. The zero-order valence-corrected chi connectivity index (χ0v) is 14.8. The number of anilines is 1. The van der Waals surface area contributed by atoms with Gasteiger partial charge in [0.2, 0.25) is 0 Å². The molecule has 0 radical (unpaired) electrons. The predicted octanol–water partition coefficient (Wildman–Crippen LogP) is 2.66. The summed E-state index contributed by atoms with van der Waals surface area (Å²) in [5.74, 6) is 0.783. The molecule has 0 amide bonds. The minimum Gasteiger partial charge on any atom is -0.392 e. The molecule has 3 heterocycles. The molecule has 8 nitrogen and oxygen atoms in total. The quantitative estimate of drug-likeness (QED) is 0.565. The van der Waals surface area contributed by atoms with Crippen LogP contribution in [0.1, 0.15) is 12.5 Å². The lowest BCUT2D eigenvalue weighted by Crippen LogP contribution is -2.01. The van der Waals surface area contributed by atoms with Crippen molar-refractivity contribution in [3.05, 3.63) is 42.2 Å². The number of hydrogen-bond donors (Lipinski definition) is 2. The number of halogens is 1. The number of nitrogens with zero attached hydrogens (tertiary/aromatic N) is 5. The van der Waals surface area contributed by atoms with Crippen LogP contribution in [0.3, 0.4) is 0 Å². The lowest BCUT2D eigenvalue weighted by atomic mass is 10.0. The minimum atomic E-state index is -0.0172. The highest BCUT2D eigenvalue weighted by atomic mass is 35.5. The van der Waals surface area contributed by atoms with Crippen molar-refractivity contribution in [2.75, 3.05) is 5.73 Å². The number of aliphatic hydroxyl groups is 1. The summed E-state index contributed by atoms with van der Waals surface area (Å²) in [6.07, 6.45) is 3.49. The van der Waals surface area contributed by atoms with Gasteiger partial charge in [0.25, 0.3) is 0 Å². The van der Waals surface area contributed by atoms with Crippen molar-refractivity contribution in [1.29, 1.82) is 0 Å². The first-order valence-electron chi connectivity index (χ1n) is 7.85. The Morgan fingerprint density at radius 2 is 2.08 bits per heavy atom. The molecule has 0 aliphatic rings. The Hall–Kier alpha value is -2.97. The summed E-state index contributed by atoms with van der Waals surface area (Å²) in [4.78, 5) is 8.93. The fourth-order valence-corrected chi connectivity index (χ4v) is 2.98. The van der Waals surface area contributed by atoms with Gasteiger partial charge in [-0.15, -0.1) is 12.4 Å². The summed E-state index contributed by atoms with van der Waals surface area (Å²) in [5, 5.41) is 16.9. The van der Waals surface area contributed by atoms with Crippen LogP contribution in [-0.2, 0) is 13.2 Å². The molecule has 9 heteroatoms. The normalized spacial score (nSPS) is 10.8. The molecule has 26 heavy (non-hydrogen) atoms. The molecule has 0 aliphatic carbocycles. The maximum absolute atomic E-state index is 9.41. The number of pyridine rings is 1. The zero-order valence-electron chi connectivity index (χ0n) is 14.0. The van der Waals surface area contributed by atoms with Gasteiger partial charge in [0.1, 0.15) is 5.52 Å². The van der Waals surface area contributed by atoms with Crippen LogP contribution in [0.5, 0.6) is 0 Å². The van der Waals surface area contributed by atoms with Crippen LogP contribution >= 0.6 is 12.4 Å². The van der Waals surface area contributed by atoms with Gasteiger partial charge in [0.05, 0.1) is 18.3 Å². The Kier molecular flexibility index (Phi) is 4.88. The van der Waals surface area contributed by atoms with Crippen LogP contribution in [0.4, 0.5) is 5.82 Å². The number of aryl methyl sites for hydroxylation is 1. The van der Waals surface area contributed by atoms with Crippen molar-refractivity contribution in [2.45, 2.75) is 20.1 Å². The van der Waals surface area contributed by atoms with Crippen LogP contribution in [0, 0.1) is 0 Å². The number of nitrogens with two attached hydrogens (primary N) is 1. The van der Waals surface area contributed by atoms with Crippen LogP contribution in [0.2, 0.25) is 0 Å². The molecule has 0 fully saturated rings. The summed E-state index contributed by atoms with van der Waals surface area (Å²) < 4.78 is 6.73. The van der Waals surface area contributed by atoms with Gasteiger partial charge < -0.3 is 15.4 Å². The van der Waals surface area contributed by atoms with Crippen molar-refractivity contribution in [3.63, 3.8) is 0 Å². The molecule has 3 aromatic heterocycles. The maximum Gasteiger partial charge on any atom is 0.199 e. The highest BCUT2D eigenvalue weighted by molar-refractivity contribution is 5.94. The SMILES string of the molecule is CCn1c(-c2nonc2N)nc2cncc(-c3cccc(CO)c3)c21.Cl. The second-order valence-corrected chi connectivity index (χ2v) is 5.59. The molecule has 0 unspecified atom stereocenters. The molecule has 0 aliphatic heterocycles. The molecule has 134 valence electrons. The fraction of sp³-hybridized carbons (Fsp3) is 0.176. The number of benzene rings is 1. The number of nitrogen functional groups attached to an aromatic ring is 1. The summed E-state index contributed by atoms with van der Waals surface area (Å²) in [5.41, 5.74) is 10.6. The summed E-state index contributed by atoms with van der Waals surface area (Å²) in [6.45, 7) is 2.66. The maximum atomic E-state index is 9.41. The van der Waals surface area contributed by atoms with E-state index in [0.717, 1.165) is 27.7 Å². The lowest BCUT2D eigenvalue weighted by molar-refractivity contribution is 0.282. The Balaban J connectivity index is 0.00000196. The number of fused-ring (bicyclic) bond motifs is 1. The molecule has 3 N–H and O–H groups in total. The number of hydrogen-bond acceptors (Lipinski definition) is 7. The van der Waals surface area contributed by atoms with Crippen LogP contribution < -0.4 is 5.73 Å². The van der Waals surface area contributed by atoms with Crippen molar-refractivity contribution in [2.24, 2.45) is 0 Å². The van der Waals surface area contributed by atoms with Crippen LogP contribution in [-0.4, -0.2) is 30.0 Å². The Labute approximate surface area is 155 Å². The highest BCUT2D eigenvalue weighted by Gasteiger charge is 2.20. The molecule has 4 rings (SSSR count). The Morgan fingerprint density at radius 1 is 1.23 bits per heavy atom. The second-order valence-electron chi connectivity index (χ2n) is 5.59. The molecular weight excluding hydrogens is 356 g/mol. The first-order valence-corrected chi connectivity index (χ1v) is 7.85. The standard InChI is InChI=1S/C17H16N6O2.ClH/c1-2-23-15-12(11-5-3-4-10(6-11)9-24)7-19-8-13(15)20-17(23)14-16(18)22-25-21-14;/h3-8,24H,2,9H2,1H3,(H2,18,22);1H. The van der Waals surface area contributed by atoms with Gasteiger partial charge in [-0.2, -0.15) is 0 Å². The molecule has 0 saturated carbocycles. The average Bonchev–Trinajstić information content (AvgIpc) is 3.24. The summed E-state index contributed by atoms with van der Waals surface area (Å²) in [7, 11) is 0. The van der Waals surface area contributed by atoms with E-state index in [-0.39, 0.29) is 24.8 Å². The number of aromatic nitrogens is 5. The second kappa shape index (κ2) is 7.11. The smallest absolute Gasteiger partial charge is 0.199 e. The molecular formula is C17H17ClN6O2. The van der Waals surface area contributed by atoms with Crippen LogP contribution in [0.15, 0.2) is 41.3 Å². The fourth-order valence-electron chi connectivity index (χ4n) is 2.98. The van der Waals surface area contributed by atoms with Gasteiger partial charge in [-0.25, -0.2) is 9.61 Å². The van der Waals surface area contributed by atoms with Crippen molar-refractivity contribution >= 4 is 29.3 Å². The predicted molar refractivity (Wildman–Crippen MR) is 99.5 cm³/mol. The van der Waals surface area contributed by atoms with Crippen LogP contribution in [0.25, 0.3) is 33.7 Å². The largest absolute Gasteiger partial charge is 0.392 e. The van der Waals surface area contributed by atoms with Gasteiger partial charge in [-0.1, -0.05) is 18.2 Å². The van der Waals surface area contributed by atoms with Gasteiger partial charge in [-0.05, 0) is 34.4 Å². The Morgan fingerprint density at radius 3 is 2.77 bits per heavy atom. The Bertz CT molecular complexity index is 1060. The summed E-state index contributed by atoms with van der Waals surface area (Å²) >= 11 is 0. The number of imidazole rings is 1. The van der Waals surface area contributed by atoms with E-state index in [0.29, 0.717) is 18.1 Å². The van der Waals surface area contributed by atoms with Gasteiger partial charge >= 0.3 is 0 Å². The lowest BCUT2D eigenvalue weighted by Gasteiger charge is -2.09. The van der Waals surface area contributed by atoms with E-state index in [9.17, 15) is 5.11 Å². The van der Waals surface area contributed by atoms with E-state index in [1.807, 2.05) is 35.8 Å². The van der Waals surface area contributed by atoms with E-state index in [4.69, 9.17) is 10.4 Å². The summed E-state index contributed by atoms with van der Waals surface area (Å²) in [6, 6.07) is 7.71. The van der Waals surface area contributed by atoms with Gasteiger partial charge in [0.15, 0.2) is 17.3 Å². The number of aliphatic hydroxyl groups excluding tert-OH is 1. The molecule has 0 atom stereocenters. The van der Waals surface area contributed by atoms with Crippen molar-refractivity contribution in [1.82, 2.24) is 24.8 Å². The molecule has 0 spiro atoms. The van der Waals surface area contributed by atoms with E-state index in [1.165, 1.54) is 0 Å². The van der Waals surface area contributed by atoms with E-state index < -0.39 is 0 Å². The van der Waals surface area contributed by atoms with Crippen molar-refractivity contribution in [3.8, 4) is 22.6 Å². The van der Waals surface area contributed by atoms with E-state index in [1.54, 1.807) is 12.4 Å². The molecule has 4 aromatic rings. The average molecular weight is 373 g/mol. The van der Waals surface area contributed by atoms with Crippen molar-refractivity contribution < 1.29 is 9.74 Å². The van der Waals surface area contributed by atoms with Gasteiger partial charge in [0, 0.05) is 18.3 Å². The van der Waals surface area contributed by atoms with Gasteiger partial charge in [-0.3, -0.25) is 4.98 Å².